The van der Waals surface area contributed by atoms with Crippen molar-refractivity contribution in [2.24, 2.45) is 0 Å². The van der Waals surface area contributed by atoms with Gasteiger partial charge in [-0.25, -0.2) is 4.79 Å². The highest BCUT2D eigenvalue weighted by atomic mass is 16.5. The minimum Gasteiger partial charge on any atom is -0.508 e. The van der Waals surface area contributed by atoms with E-state index in [0.717, 1.165) is 41.6 Å². The number of methoxy groups -OCH3 is 1. The van der Waals surface area contributed by atoms with Crippen LogP contribution in [0.4, 0.5) is 0 Å². The Morgan fingerprint density at radius 1 is 1.25 bits per heavy atom. The van der Waals surface area contributed by atoms with Gasteiger partial charge in [-0.15, -0.1) is 0 Å². The van der Waals surface area contributed by atoms with Gasteiger partial charge >= 0.3 is 5.63 Å². The lowest BCUT2D eigenvalue weighted by Gasteiger charge is -2.24. The number of phenols is 1. The highest BCUT2D eigenvalue weighted by Crippen LogP contribution is 2.36. The van der Waals surface area contributed by atoms with Gasteiger partial charge in [0.2, 0.25) is 5.91 Å². The van der Waals surface area contributed by atoms with Crippen molar-refractivity contribution < 1.29 is 19.1 Å². The third-order valence-corrected chi connectivity index (χ3v) is 6.36. The van der Waals surface area contributed by atoms with E-state index in [1.54, 1.807) is 20.1 Å². The van der Waals surface area contributed by atoms with Crippen molar-refractivity contribution in [3.63, 3.8) is 0 Å². The number of carbonyl (C=O) groups excluding carboxylic acids is 1. The molecular weight excluding hydrogens is 408 g/mol. The van der Waals surface area contributed by atoms with E-state index in [-0.39, 0.29) is 24.1 Å². The summed E-state index contributed by atoms with van der Waals surface area (Å²) in [5.41, 5.74) is 4.01. The van der Waals surface area contributed by atoms with Crippen LogP contribution in [0.2, 0.25) is 0 Å². The number of nitrogens with one attached hydrogen (secondary N) is 2. The Morgan fingerprint density at radius 3 is 2.91 bits per heavy atom. The molecular formula is C25H24N2O5. The molecule has 5 rings (SSSR count). The highest BCUT2D eigenvalue weighted by Gasteiger charge is 2.26. The van der Waals surface area contributed by atoms with Gasteiger partial charge in [-0.05, 0) is 67.6 Å². The molecule has 0 saturated carbocycles. The number of carbonyl (C=O) groups is 1. The van der Waals surface area contributed by atoms with Crippen molar-refractivity contribution in [2.75, 3.05) is 7.11 Å². The van der Waals surface area contributed by atoms with Crippen LogP contribution in [0.5, 0.6) is 11.5 Å². The third-order valence-electron chi connectivity index (χ3n) is 6.36. The van der Waals surface area contributed by atoms with Crippen LogP contribution in [0.15, 0.2) is 45.6 Å². The Labute approximate surface area is 184 Å². The zero-order chi connectivity index (χ0) is 22.4. The fourth-order valence-electron chi connectivity index (χ4n) is 4.71. The van der Waals surface area contributed by atoms with Crippen LogP contribution >= 0.6 is 0 Å². The summed E-state index contributed by atoms with van der Waals surface area (Å²) in [6.07, 6.45) is 2.66. The van der Waals surface area contributed by atoms with Gasteiger partial charge in [-0.2, -0.15) is 0 Å². The van der Waals surface area contributed by atoms with E-state index in [1.165, 1.54) is 17.7 Å². The molecule has 0 aliphatic heterocycles. The number of amides is 1. The second kappa shape index (κ2) is 7.75. The first kappa shape index (κ1) is 20.2. The minimum absolute atomic E-state index is 0.0228. The fraction of sp³-hybridized carbons (Fsp3) is 0.280. The smallest absolute Gasteiger partial charge is 0.340 e. The number of hydrogen-bond acceptors (Lipinski definition) is 5. The molecule has 0 spiro atoms. The van der Waals surface area contributed by atoms with Gasteiger partial charge in [0.25, 0.3) is 0 Å². The van der Waals surface area contributed by atoms with Crippen LogP contribution in [-0.2, 0) is 17.6 Å². The number of phenolic OH excluding ortho intramolecular Hbond substituents is 1. The molecule has 1 unspecified atom stereocenters. The lowest BCUT2D eigenvalue weighted by Crippen LogP contribution is -2.33. The Bertz CT molecular complexity index is 1420. The van der Waals surface area contributed by atoms with Gasteiger partial charge in [-0.3, -0.25) is 4.79 Å². The van der Waals surface area contributed by atoms with Gasteiger partial charge in [-0.1, -0.05) is 0 Å². The van der Waals surface area contributed by atoms with E-state index in [1.807, 2.05) is 18.2 Å². The summed E-state index contributed by atoms with van der Waals surface area (Å²) in [5, 5.41) is 14.6. The third kappa shape index (κ3) is 3.39. The number of benzene rings is 2. The van der Waals surface area contributed by atoms with E-state index in [4.69, 9.17) is 9.15 Å². The molecule has 1 aliphatic carbocycles. The second-order valence-corrected chi connectivity index (χ2v) is 8.29. The number of aromatic hydroxyl groups is 1. The molecule has 3 N–H and O–H groups in total. The fourth-order valence-corrected chi connectivity index (χ4v) is 4.71. The van der Waals surface area contributed by atoms with Crippen molar-refractivity contribution >= 4 is 27.8 Å². The molecule has 0 fully saturated rings. The van der Waals surface area contributed by atoms with E-state index in [9.17, 15) is 14.7 Å². The number of aromatic amines is 1. The van der Waals surface area contributed by atoms with Gasteiger partial charge < -0.3 is 24.6 Å². The molecule has 0 bridgehead atoms. The molecule has 1 aliphatic rings. The zero-order valence-corrected chi connectivity index (χ0v) is 18.0. The number of aryl methyl sites for hydroxylation is 2. The first-order valence-corrected chi connectivity index (χ1v) is 10.7. The molecule has 0 radical (unpaired) electrons. The van der Waals surface area contributed by atoms with Crippen LogP contribution < -0.4 is 15.7 Å². The number of rotatable bonds is 4. The average Bonchev–Trinajstić information content (AvgIpc) is 3.15. The molecule has 1 amide bonds. The van der Waals surface area contributed by atoms with Crippen LogP contribution in [0.1, 0.15) is 41.3 Å². The normalized spacial score (nSPS) is 15.6. The van der Waals surface area contributed by atoms with E-state index in [2.05, 4.69) is 10.3 Å². The van der Waals surface area contributed by atoms with Crippen molar-refractivity contribution in [2.45, 2.75) is 38.6 Å². The predicted octanol–water partition coefficient (Wildman–Crippen LogP) is 4.03. The lowest BCUT2D eigenvalue weighted by molar-refractivity contribution is -0.121. The van der Waals surface area contributed by atoms with Gasteiger partial charge in [0.1, 0.15) is 17.1 Å². The van der Waals surface area contributed by atoms with Gasteiger partial charge in [0.05, 0.1) is 25.1 Å². The summed E-state index contributed by atoms with van der Waals surface area (Å²) in [6, 6.07) is 10.4. The molecule has 0 saturated heterocycles. The first-order chi connectivity index (χ1) is 15.4. The summed E-state index contributed by atoms with van der Waals surface area (Å²) in [7, 11) is 1.65. The van der Waals surface area contributed by atoms with Gasteiger partial charge in [0, 0.05) is 28.0 Å². The molecule has 32 heavy (non-hydrogen) atoms. The van der Waals surface area contributed by atoms with Crippen LogP contribution in [0, 0.1) is 6.92 Å². The van der Waals surface area contributed by atoms with Crippen molar-refractivity contribution in [1.82, 2.24) is 10.3 Å². The molecule has 4 aromatic rings. The molecule has 7 nitrogen and oxygen atoms in total. The summed E-state index contributed by atoms with van der Waals surface area (Å²) >= 11 is 0. The monoisotopic (exact) mass is 432 g/mol. The number of hydrogen-bond donors (Lipinski definition) is 3. The molecule has 2 aromatic heterocycles. The number of aromatic nitrogens is 1. The summed E-state index contributed by atoms with van der Waals surface area (Å²) in [6.45, 7) is 1.79. The Morgan fingerprint density at radius 2 is 2.09 bits per heavy atom. The van der Waals surface area contributed by atoms with Gasteiger partial charge in [0.15, 0.2) is 0 Å². The maximum absolute atomic E-state index is 12.9. The molecule has 7 heteroatoms. The zero-order valence-electron chi connectivity index (χ0n) is 18.0. The Balaban J connectivity index is 1.42. The standard InChI is InChI=1S/C25H24N2O5/c1-13-16-8-6-14(28)10-22(16)32-25(30)18(13)12-23(29)26-21-5-3-4-17-19-11-15(31-2)7-9-20(19)27-24(17)21/h6-11,21,27-28H,3-5,12H2,1-2H3,(H,26,29). The topological polar surface area (TPSA) is 105 Å². The minimum atomic E-state index is -0.558. The number of ether oxygens (including phenoxy) is 1. The maximum atomic E-state index is 12.9. The van der Waals surface area contributed by atoms with E-state index < -0.39 is 5.63 Å². The molecule has 2 heterocycles. The molecule has 164 valence electrons. The lowest BCUT2D eigenvalue weighted by atomic mass is 9.91. The predicted molar refractivity (Wildman–Crippen MR) is 121 cm³/mol. The largest absolute Gasteiger partial charge is 0.508 e. The van der Waals surface area contributed by atoms with Crippen LogP contribution in [0.25, 0.3) is 21.9 Å². The molecule has 2 aromatic carbocycles. The van der Waals surface area contributed by atoms with Crippen LogP contribution in [0.3, 0.4) is 0 Å². The van der Waals surface area contributed by atoms with Crippen molar-refractivity contribution in [1.29, 1.82) is 0 Å². The second-order valence-electron chi connectivity index (χ2n) is 8.29. The maximum Gasteiger partial charge on any atom is 0.340 e. The van der Waals surface area contributed by atoms with Crippen molar-refractivity contribution in [3.05, 3.63) is 69.2 Å². The summed E-state index contributed by atoms with van der Waals surface area (Å²) in [5.74, 6) is 0.597. The number of H-pyrrole nitrogens is 1. The average molecular weight is 432 g/mol. The van der Waals surface area contributed by atoms with E-state index in [0.29, 0.717) is 22.1 Å². The number of fused-ring (bicyclic) bond motifs is 4. The highest BCUT2D eigenvalue weighted by molar-refractivity contribution is 5.88. The Kier molecular flexibility index (Phi) is 4.89. The van der Waals surface area contributed by atoms with Crippen LogP contribution in [-0.4, -0.2) is 23.1 Å². The molecule has 1 atom stereocenters. The van der Waals surface area contributed by atoms with E-state index >= 15 is 0 Å². The van der Waals surface area contributed by atoms with Crippen molar-refractivity contribution in [3.8, 4) is 11.5 Å². The Hall–Kier alpha value is -3.74. The SMILES string of the molecule is COc1ccc2[nH]c3c(c2c1)CCCC3NC(=O)Cc1c(C)c2ccc(O)cc2oc1=O. The first-order valence-electron chi connectivity index (χ1n) is 10.7. The summed E-state index contributed by atoms with van der Waals surface area (Å²) in [4.78, 5) is 28.9. The quantitative estimate of drug-likeness (QED) is 0.422. The summed E-state index contributed by atoms with van der Waals surface area (Å²) < 4.78 is 10.7.